The minimum atomic E-state index is -4.47. The van der Waals surface area contributed by atoms with Gasteiger partial charge in [-0.15, -0.1) is 0 Å². The molecular formula is C24H31F3N6O2. The molecule has 2 fully saturated rings. The summed E-state index contributed by atoms with van der Waals surface area (Å²) in [5, 5.41) is 9.13. The van der Waals surface area contributed by atoms with Crippen LogP contribution in [0.15, 0.2) is 30.5 Å². The fourth-order valence-corrected chi connectivity index (χ4v) is 4.86. The standard InChI is InChI=1S/C24H31F3N6O2/c25-24(26,27)18-5-3-4-17(14-18)19-15-29-23(28)30-22(19)20-6-1-2-7-33(20)21(35)16-32-10-8-31(9-11-32)12-13-34/h3-5,14-15,20,34H,1-2,6-13,16H2,(H2,28,29,30)/t20-/m1/s1. The van der Waals surface area contributed by atoms with Crippen molar-refractivity contribution in [1.82, 2.24) is 24.7 Å². The first kappa shape index (κ1) is 25.3. The van der Waals surface area contributed by atoms with Crippen LogP contribution in [0.4, 0.5) is 19.1 Å². The molecule has 0 bridgehead atoms. The molecule has 2 aliphatic heterocycles. The van der Waals surface area contributed by atoms with E-state index in [2.05, 4.69) is 19.8 Å². The summed E-state index contributed by atoms with van der Waals surface area (Å²) in [5.41, 5.74) is 6.40. The van der Waals surface area contributed by atoms with Crippen molar-refractivity contribution in [2.45, 2.75) is 31.5 Å². The maximum Gasteiger partial charge on any atom is 0.416 e. The molecule has 2 saturated heterocycles. The van der Waals surface area contributed by atoms with E-state index in [0.29, 0.717) is 36.3 Å². The molecule has 1 atom stereocenters. The third kappa shape index (κ3) is 6.09. The summed E-state index contributed by atoms with van der Waals surface area (Å²) in [4.78, 5) is 27.9. The Bertz CT molecular complexity index is 1030. The molecular weight excluding hydrogens is 461 g/mol. The molecule has 3 N–H and O–H groups in total. The molecule has 1 aromatic carbocycles. The van der Waals surface area contributed by atoms with Crippen molar-refractivity contribution < 1.29 is 23.1 Å². The van der Waals surface area contributed by atoms with Crippen molar-refractivity contribution in [3.63, 3.8) is 0 Å². The molecule has 2 aromatic rings. The van der Waals surface area contributed by atoms with Crippen molar-refractivity contribution in [3.05, 3.63) is 41.7 Å². The van der Waals surface area contributed by atoms with Crippen LogP contribution in [0.1, 0.15) is 36.6 Å². The van der Waals surface area contributed by atoms with E-state index in [1.54, 1.807) is 11.0 Å². The highest BCUT2D eigenvalue weighted by atomic mass is 19.4. The number of β-amino-alcohol motifs (C(OH)–C–C–N with tert-alkyl or cyclic N) is 1. The van der Waals surface area contributed by atoms with Gasteiger partial charge in [-0.1, -0.05) is 12.1 Å². The van der Waals surface area contributed by atoms with Gasteiger partial charge in [0, 0.05) is 51.0 Å². The second kappa shape index (κ2) is 10.9. The fourth-order valence-electron chi connectivity index (χ4n) is 4.86. The number of alkyl halides is 3. The zero-order chi connectivity index (χ0) is 25.0. The Morgan fingerprint density at radius 3 is 2.57 bits per heavy atom. The molecule has 4 rings (SSSR count). The van der Waals surface area contributed by atoms with Crippen LogP contribution in [-0.4, -0.2) is 88.1 Å². The Morgan fingerprint density at radius 2 is 1.86 bits per heavy atom. The summed E-state index contributed by atoms with van der Waals surface area (Å²) in [6.45, 7) is 4.62. The minimum Gasteiger partial charge on any atom is -0.395 e. The van der Waals surface area contributed by atoms with Gasteiger partial charge in [0.25, 0.3) is 0 Å². The van der Waals surface area contributed by atoms with Gasteiger partial charge in [0.15, 0.2) is 0 Å². The SMILES string of the molecule is Nc1ncc(-c2cccc(C(F)(F)F)c2)c([C@H]2CCCCN2C(=O)CN2CCN(CCO)CC2)n1. The van der Waals surface area contributed by atoms with Gasteiger partial charge in [0.2, 0.25) is 11.9 Å². The number of amides is 1. The Hall–Kier alpha value is -2.76. The van der Waals surface area contributed by atoms with Crippen molar-refractivity contribution in [3.8, 4) is 11.1 Å². The largest absolute Gasteiger partial charge is 0.416 e. The van der Waals surface area contributed by atoms with Crippen molar-refractivity contribution in [2.24, 2.45) is 0 Å². The van der Waals surface area contributed by atoms with E-state index >= 15 is 0 Å². The van der Waals surface area contributed by atoms with Gasteiger partial charge >= 0.3 is 6.18 Å². The summed E-state index contributed by atoms with van der Waals surface area (Å²) in [5.74, 6) is -0.00816. The van der Waals surface area contributed by atoms with Crippen LogP contribution >= 0.6 is 0 Å². The Morgan fingerprint density at radius 1 is 1.11 bits per heavy atom. The molecule has 35 heavy (non-hydrogen) atoms. The quantitative estimate of drug-likeness (QED) is 0.639. The summed E-state index contributed by atoms with van der Waals surface area (Å²) in [6.07, 6.45) is -0.645. The number of hydrogen-bond acceptors (Lipinski definition) is 7. The highest BCUT2D eigenvalue weighted by molar-refractivity contribution is 5.79. The van der Waals surface area contributed by atoms with Gasteiger partial charge < -0.3 is 15.7 Å². The zero-order valence-corrected chi connectivity index (χ0v) is 19.5. The Balaban J connectivity index is 1.58. The third-order valence-electron chi connectivity index (χ3n) is 6.72. The smallest absolute Gasteiger partial charge is 0.395 e. The second-order valence-electron chi connectivity index (χ2n) is 9.05. The average Bonchev–Trinajstić information content (AvgIpc) is 2.85. The number of benzene rings is 1. The topological polar surface area (TPSA) is 98.8 Å². The summed E-state index contributed by atoms with van der Waals surface area (Å²) < 4.78 is 40.0. The first-order valence-corrected chi connectivity index (χ1v) is 11.9. The van der Waals surface area contributed by atoms with Crippen LogP contribution in [-0.2, 0) is 11.0 Å². The number of hydrogen-bond donors (Lipinski definition) is 2. The van der Waals surface area contributed by atoms with Gasteiger partial charge in [-0.25, -0.2) is 9.97 Å². The van der Waals surface area contributed by atoms with Gasteiger partial charge in [0.05, 0.1) is 30.5 Å². The molecule has 1 aromatic heterocycles. The van der Waals surface area contributed by atoms with Gasteiger partial charge in [-0.3, -0.25) is 14.6 Å². The van der Waals surface area contributed by atoms with E-state index in [-0.39, 0.29) is 31.0 Å². The van der Waals surface area contributed by atoms with Crippen LogP contribution in [0, 0.1) is 0 Å². The fraction of sp³-hybridized carbons (Fsp3) is 0.542. The number of nitrogens with zero attached hydrogens (tertiary/aromatic N) is 5. The average molecular weight is 493 g/mol. The van der Waals surface area contributed by atoms with E-state index in [4.69, 9.17) is 10.8 Å². The molecule has 0 saturated carbocycles. The molecule has 0 spiro atoms. The Kier molecular flexibility index (Phi) is 7.88. The summed E-state index contributed by atoms with van der Waals surface area (Å²) in [6, 6.07) is 4.67. The predicted octanol–water partition coefficient (Wildman–Crippen LogP) is 2.41. The number of aliphatic hydroxyl groups excluding tert-OH is 1. The van der Waals surface area contributed by atoms with E-state index in [9.17, 15) is 18.0 Å². The number of carbonyl (C=O) groups is 1. The second-order valence-corrected chi connectivity index (χ2v) is 9.05. The summed E-state index contributed by atoms with van der Waals surface area (Å²) >= 11 is 0. The minimum absolute atomic E-state index is 0.0219. The zero-order valence-electron chi connectivity index (χ0n) is 19.5. The molecule has 2 aliphatic rings. The molecule has 0 unspecified atom stereocenters. The molecule has 1 amide bonds. The highest BCUT2D eigenvalue weighted by Crippen LogP contribution is 2.38. The number of anilines is 1. The number of halogens is 3. The van der Waals surface area contributed by atoms with Crippen LogP contribution < -0.4 is 5.73 Å². The molecule has 190 valence electrons. The number of carbonyl (C=O) groups excluding carboxylic acids is 1. The molecule has 8 nitrogen and oxygen atoms in total. The predicted molar refractivity (Wildman–Crippen MR) is 125 cm³/mol. The summed E-state index contributed by atoms with van der Waals surface area (Å²) in [7, 11) is 0. The molecule has 3 heterocycles. The number of piperazine rings is 1. The number of rotatable bonds is 6. The number of nitrogen functional groups attached to an aromatic ring is 1. The molecule has 0 aliphatic carbocycles. The normalized spacial score (nSPS) is 20.2. The number of piperidine rings is 1. The monoisotopic (exact) mass is 492 g/mol. The number of likely N-dealkylation sites (tertiary alicyclic amines) is 1. The maximum absolute atomic E-state index is 13.4. The van der Waals surface area contributed by atoms with E-state index in [1.807, 2.05) is 0 Å². The number of aliphatic hydroxyl groups is 1. The lowest BCUT2D eigenvalue weighted by atomic mass is 9.93. The lowest BCUT2D eigenvalue weighted by Gasteiger charge is -2.39. The number of aromatic nitrogens is 2. The van der Waals surface area contributed by atoms with Crippen LogP contribution in [0.3, 0.4) is 0 Å². The first-order valence-electron chi connectivity index (χ1n) is 11.9. The van der Waals surface area contributed by atoms with Gasteiger partial charge in [0.1, 0.15) is 0 Å². The Labute approximate surface area is 202 Å². The van der Waals surface area contributed by atoms with E-state index < -0.39 is 11.7 Å². The number of nitrogens with two attached hydrogens (primary N) is 1. The van der Waals surface area contributed by atoms with E-state index in [0.717, 1.165) is 51.2 Å². The van der Waals surface area contributed by atoms with E-state index in [1.165, 1.54) is 12.3 Å². The van der Waals surface area contributed by atoms with Gasteiger partial charge in [-0.2, -0.15) is 13.2 Å². The van der Waals surface area contributed by atoms with Crippen molar-refractivity contribution in [2.75, 3.05) is 58.2 Å². The van der Waals surface area contributed by atoms with Crippen LogP contribution in [0.5, 0.6) is 0 Å². The lowest BCUT2D eigenvalue weighted by molar-refractivity contribution is -0.138. The van der Waals surface area contributed by atoms with Crippen molar-refractivity contribution >= 4 is 11.9 Å². The first-order chi connectivity index (χ1) is 16.8. The maximum atomic E-state index is 13.4. The van der Waals surface area contributed by atoms with Crippen molar-refractivity contribution in [1.29, 1.82) is 0 Å². The van der Waals surface area contributed by atoms with Crippen LogP contribution in [0.25, 0.3) is 11.1 Å². The third-order valence-corrected chi connectivity index (χ3v) is 6.72. The highest BCUT2D eigenvalue weighted by Gasteiger charge is 2.34. The lowest BCUT2D eigenvalue weighted by Crippen LogP contribution is -2.51. The molecule has 11 heteroatoms. The molecule has 0 radical (unpaired) electrons. The van der Waals surface area contributed by atoms with Crippen LogP contribution in [0.2, 0.25) is 0 Å². The van der Waals surface area contributed by atoms with Gasteiger partial charge in [-0.05, 0) is 37.0 Å².